The van der Waals surface area contributed by atoms with Gasteiger partial charge in [-0.1, -0.05) is 53.5 Å². The number of benzene rings is 1. The zero-order valence-electron chi connectivity index (χ0n) is 11.0. The molecule has 1 aromatic rings. The van der Waals surface area contributed by atoms with Crippen molar-refractivity contribution in [3.8, 4) is 0 Å². The Balaban J connectivity index is 2.69. The van der Waals surface area contributed by atoms with Crippen LogP contribution in [-0.4, -0.2) is 17.8 Å². The maximum Gasteiger partial charge on any atom is 0.252 e. The number of nitrogens with one attached hydrogen (secondary N) is 1. The first-order chi connectivity index (χ1) is 8.37. The van der Waals surface area contributed by atoms with Gasteiger partial charge in [0, 0.05) is 11.9 Å². The highest BCUT2D eigenvalue weighted by Gasteiger charge is 2.19. The van der Waals surface area contributed by atoms with Crippen LogP contribution < -0.4 is 5.32 Å². The van der Waals surface area contributed by atoms with Crippen LogP contribution in [0.4, 0.5) is 0 Å². The van der Waals surface area contributed by atoms with Gasteiger partial charge in [-0.2, -0.15) is 0 Å². The summed E-state index contributed by atoms with van der Waals surface area (Å²) < 4.78 is 0. The Morgan fingerprint density at radius 3 is 2.72 bits per heavy atom. The predicted octanol–water partition coefficient (Wildman–Crippen LogP) is 4.19. The van der Waals surface area contributed by atoms with E-state index in [2.05, 4.69) is 35.1 Å². The molecule has 0 fully saturated rings. The SMILES string of the molecule is Cc1cccc(C(=O)NCC(C)(C)CCBr)c1Cl. The van der Waals surface area contributed by atoms with Crippen molar-refractivity contribution >= 4 is 33.4 Å². The Bertz CT molecular complexity index is 432. The molecule has 0 bridgehead atoms. The number of carbonyl (C=O) groups is 1. The fourth-order valence-electron chi connectivity index (χ4n) is 1.58. The average Bonchev–Trinajstić information content (AvgIpc) is 2.30. The van der Waals surface area contributed by atoms with Crippen LogP contribution in [0.15, 0.2) is 18.2 Å². The van der Waals surface area contributed by atoms with E-state index < -0.39 is 0 Å². The summed E-state index contributed by atoms with van der Waals surface area (Å²) in [6.45, 7) is 6.80. The second kappa shape index (κ2) is 6.58. The van der Waals surface area contributed by atoms with E-state index in [1.165, 1.54) is 0 Å². The van der Waals surface area contributed by atoms with Gasteiger partial charge in [0.15, 0.2) is 0 Å². The summed E-state index contributed by atoms with van der Waals surface area (Å²) in [5, 5.41) is 4.41. The molecule has 0 saturated carbocycles. The van der Waals surface area contributed by atoms with Gasteiger partial charge < -0.3 is 5.32 Å². The zero-order valence-corrected chi connectivity index (χ0v) is 13.4. The van der Waals surface area contributed by atoms with E-state index in [4.69, 9.17) is 11.6 Å². The minimum atomic E-state index is -0.105. The third-order valence-electron chi connectivity index (χ3n) is 2.94. The van der Waals surface area contributed by atoms with Crippen molar-refractivity contribution in [3.05, 3.63) is 34.3 Å². The Morgan fingerprint density at radius 1 is 1.44 bits per heavy atom. The van der Waals surface area contributed by atoms with E-state index >= 15 is 0 Å². The molecule has 1 N–H and O–H groups in total. The first-order valence-electron chi connectivity index (χ1n) is 5.97. The van der Waals surface area contributed by atoms with Crippen molar-refractivity contribution in [3.63, 3.8) is 0 Å². The molecule has 0 aliphatic carbocycles. The summed E-state index contributed by atoms with van der Waals surface area (Å²) in [7, 11) is 0. The lowest BCUT2D eigenvalue weighted by atomic mass is 9.90. The van der Waals surface area contributed by atoms with Gasteiger partial charge in [0.2, 0.25) is 0 Å². The number of carbonyl (C=O) groups excluding carboxylic acids is 1. The van der Waals surface area contributed by atoms with Gasteiger partial charge in [0.25, 0.3) is 5.91 Å². The van der Waals surface area contributed by atoms with Crippen molar-refractivity contribution in [2.75, 3.05) is 11.9 Å². The van der Waals surface area contributed by atoms with Crippen LogP contribution in [0.5, 0.6) is 0 Å². The molecule has 1 aromatic carbocycles. The van der Waals surface area contributed by atoms with Crippen molar-refractivity contribution in [2.24, 2.45) is 5.41 Å². The van der Waals surface area contributed by atoms with Crippen molar-refractivity contribution in [1.82, 2.24) is 5.32 Å². The fourth-order valence-corrected chi connectivity index (χ4v) is 2.87. The van der Waals surface area contributed by atoms with E-state index in [0.29, 0.717) is 17.1 Å². The topological polar surface area (TPSA) is 29.1 Å². The molecule has 0 aromatic heterocycles. The number of alkyl halides is 1. The smallest absolute Gasteiger partial charge is 0.252 e. The molecule has 0 heterocycles. The zero-order chi connectivity index (χ0) is 13.8. The fraction of sp³-hybridized carbons (Fsp3) is 0.500. The van der Waals surface area contributed by atoms with Crippen molar-refractivity contribution in [1.29, 1.82) is 0 Å². The molecule has 0 radical (unpaired) electrons. The molecule has 1 rings (SSSR count). The second-order valence-electron chi connectivity index (χ2n) is 5.22. The molecular formula is C14H19BrClNO. The Morgan fingerprint density at radius 2 is 2.11 bits per heavy atom. The molecule has 0 aliphatic heterocycles. The average molecular weight is 333 g/mol. The summed E-state index contributed by atoms with van der Waals surface area (Å²) in [4.78, 5) is 12.1. The highest BCUT2D eigenvalue weighted by Crippen LogP contribution is 2.22. The van der Waals surface area contributed by atoms with E-state index in [0.717, 1.165) is 17.3 Å². The Labute approximate surface area is 122 Å². The maximum atomic E-state index is 12.1. The van der Waals surface area contributed by atoms with Gasteiger partial charge in [-0.15, -0.1) is 0 Å². The first-order valence-corrected chi connectivity index (χ1v) is 7.46. The normalized spacial score (nSPS) is 11.4. The minimum absolute atomic E-state index is 0.0788. The molecule has 1 amide bonds. The van der Waals surface area contributed by atoms with Crippen LogP contribution in [-0.2, 0) is 0 Å². The second-order valence-corrected chi connectivity index (χ2v) is 6.39. The third kappa shape index (κ3) is 4.29. The number of amides is 1. The van der Waals surface area contributed by atoms with Crippen LogP contribution in [0.25, 0.3) is 0 Å². The highest BCUT2D eigenvalue weighted by atomic mass is 79.9. The van der Waals surface area contributed by atoms with E-state index in [9.17, 15) is 4.79 Å². The van der Waals surface area contributed by atoms with Gasteiger partial charge in [0.1, 0.15) is 0 Å². The van der Waals surface area contributed by atoms with Gasteiger partial charge in [-0.3, -0.25) is 4.79 Å². The predicted molar refractivity (Wildman–Crippen MR) is 80.7 cm³/mol. The number of hydrogen-bond donors (Lipinski definition) is 1. The summed E-state index contributed by atoms with van der Waals surface area (Å²) in [6, 6.07) is 5.50. The lowest BCUT2D eigenvalue weighted by molar-refractivity contribution is 0.0936. The molecule has 0 aliphatic rings. The van der Waals surface area contributed by atoms with Crippen LogP contribution >= 0.6 is 27.5 Å². The molecule has 2 nitrogen and oxygen atoms in total. The molecule has 0 spiro atoms. The molecule has 18 heavy (non-hydrogen) atoms. The third-order valence-corrected chi connectivity index (χ3v) is 3.83. The molecule has 100 valence electrons. The van der Waals surface area contributed by atoms with Crippen LogP contribution in [0.1, 0.15) is 36.2 Å². The summed E-state index contributed by atoms with van der Waals surface area (Å²) >= 11 is 9.56. The van der Waals surface area contributed by atoms with Gasteiger partial charge in [-0.25, -0.2) is 0 Å². The summed E-state index contributed by atoms with van der Waals surface area (Å²) in [5.41, 5.74) is 1.55. The van der Waals surface area contributed by atoms with E-state index in [1.807, 2.05) is 19.1 Å². The molecular weight excluding hydrogens is 314 g/mol. The monoisotopic (exact) mass is 331 g/mol. The quantitative estimate of drug-likeness (QED) is 0.805. The Kier molecular flexibility index (Phi) is 5.67. The minimum Gasteiger partial charge on any atom is -0.351 e. The maximum absolute atomic E-state index is 12.1. The van der Waals surface area contributed by atoms with E-state index in [-0.39, 0.29) is 11.3 Å². The molecule has 0 saturated heterocycles. The van der Waals surface area contributed by atoms with Crippen LogP contribution in [0.2, 0.25) is 5.02 Å². The number of hydrogen-bond acceptors (Lipinski definition) is 1. The standard InChI is InChI=1S/C14H19BrClNO/c1-10-5-4-6-11(12(10)16)13(18)17-9-14(2,3)7-8-15/h4-6H,7-9H2,1-3H3,(H,17,18). The number of halogens is 2. The summed E-state index contributed by atoms with van der Waals surface area (Å²) in [6.07, 6.45) is 1.01. The van der Waals surface area contributed by atoms with Gasteiger partial charge in [0.05, 0.1) is 10.6 Å². The number of aryl methyl sites for hydroxylation is 1. The largest absolute Gasteiger partial charge is 0.351 e. The lowest BCUT2D eigenvalue weighted by Crippen LogP contribution is -2.34. The van der Waals surface area contributed by atoms with Crippen molar-refractivity contribution < 1.29 is 4.79 Å². The van der Waals surface area contributed by atoms with E-state index in [1.54, 1.807) is 6.07 Å². The Hall–Kier alpha value is -0.540. The van der Waals surface area contributed by atoms with Crippen LogP contribution in [0, 0.1) is 12.3 Å². The summed E-state index contributed by atoms with van der Waals surface area (Å²) in [5.74, 6) is -0.105. The van der Waals surface area contributed by atoms with Crippen molar-refractivity contribution in [2.45, 2.75) is 27.2 Å². The van der Waals surface area contributed by atoms with Gasteiger partial charge >= 0.3 is 0 Å². The lowest BCUT2D eigenvalue weighted by Gasteiger charge is -2.24. The first kappa shape index (κ1) is 15.5. The molecule has 4 heteroatoms. The van der Waals surface area contributed by atoms with Gasteiger partial charge in [-0.05, 0) is 30.4 Å². The highest BCUT2D eigenvalue weighted by molar-refractivity contribution is 9.09. The molecule has 0 unspecified atom stereocenters. The number of rotatable bonds is 5. The van der Waals surface area contributed by atoms with Crippen LogP contribution in [0.3, 0.4) is 0 Å². The molecule has 0 atom stereocenters.